The number of halogens is 1. The van der Waals surface area contributed by atoms with Gasteiger partial charge in [0.25, 0.3) is 10.1 Å². The summed E-state index contributed by atoms with van der Waals surface area (Å²) in [7, 11) is -3.42. The van der Waals surface area contributed by atoms with Gasteiger partial charge >= 0.3 is 0 Å². The second-order valence-corrected chi connectivity index (χ2v) is 8.23. The summed E-state index contributed by atoms with van der Waals surface area (Å²) in [5.74, 6) is 0.774. The van der Waals surface area contributed by atoms with Gasteiger partial charge in [0.15, 0.2) is 0 Å². The van der Waals surface area contributed by atoms with Crippen LogP contribution in [0.5, 0.6) is 5.75 Å². The molecular weight excluding hydrogens is 344 g/mol. The highest BCUT2D eigenvalue weighted by molar-refractivity contribution is 9.10. The fourth-order valence-electron chi connectivity index (χ4n) is 1.58. The molecule has 0 aliphatic rings. The van der Waals surface area contributed by atoms with Crippen LogP contribution in [0.3, 0.4) is 0 Å². The Labute approximate surface area is 129 Å². The fourth-order valence-corrected chi connectivity index (χ4v) is 2.34. The highest BCUT2D eigenvalue weighted by atomic mass is 79.9. The van der Waals surface area contributed by atoms with Gasteiger partial charge in [-0.1, -0.05) is 29.8 Å². The Balaban J connectivity index is 2.66. The van der Waals surface area contributed by atoms with E-state index in [1.807, 2.05) is 39.8 Å². The maximum Gasteiger partial charge on any atom is 0.264 e. The van der Waals surface area contributed by atoms with E-state index < -0.39 is 15.5 Å². The number of ether oxygens (including phenoxy) is 1. The van der Waals surface area contributed by atoms with Crippen LogP contribution >= 0.6 is 15.9 Å². The molecule has 1 aromatic rings. The number of aryl methyl sites for hydroxylation is 2. The zero-order valence-corrected chi connectivity index (χ0v) is 14.9. The van der Waals surface area contributed by atoms with Crippen LogP contribution in [0, 0.1) is 19.3 Å². The first kappa shape index (κ1) is 17.5. The molecule has 114 valence electrons. The molecule has 0 unspecified atom stereocenters. The van der Waals surface area contributed by atoms with Gasteiger partial charge in [0.1, 0.15) is 5.75 Å². The molecule has 0 aromatic heterocycles. The average Bonchev–Trinajstić information content (AvgIpc) is 2.30. The first-order chi connectivity index (χ1) is 9.00. The van der Waals surface area contributed by atoms with Crippen LogP contribution in [0.25, 0.3) is 0 Å². The number of rotatable bonds is 6. The molecule has 1 aromatic carbocycles. The average molecular weight is 365 g/mol. The Hall–Kier alpha value is -0.590. The quantitative estimate of drug-likeness (QED) is 0.725. The zero-order chi connectivity index (χ0) is 15.6. The molecule has 0 bridgehead atoms. The number of hydrogen-bond donors (Lipinski definition) is 0. The van der Waals surface area contributed by atoms with E-state index in [1.165, 1.54) is 0 Å². The predicted octanol–water partition coefficient (Wildman–Crippen LogP) is 3.45. The number of benzene rings is 1. The van der Waals surface area contributed by atoms with Crippen LogP contribution in [-0.2, 0) is 14.3 Å². The van der Waals surface area contributed by atoms with E-state index in [0.717, 1.165) is 27.6 Å². The van der Waals surface area contributed by atoms with Crippen molar-refractivity contribution in [1.82, 2.24) is 0 Å². The topological polar surface area (TPSA) is 52.6 Å². The lowest BCUT2D eigenvalue weighted by molar-refractivity contribution is 0.114. The van der Waals surface area contributed by atoms with Gasteiger partial charge in [0.05, 0.1) is 19.5 Å². The summed E-state index contributed by atoms with van der Waals surface area (Å²) in [5, 5.41) is 0. The zero-order valence-electron chi connectivity index (χ0n) is 12.5. The molecule has 0 aliphatic carbocycles. The Morgan fingerprint density at radius 3 is 2.10 bits per heavy atom. The summed E-state index contributed by atoms with van der Waals surface area (Å²) in [5.41, 5.74) is 1.81. The van der Waals surface area contributed by atoms with Crippen molar-refractivity contribution in [1.29, 1.82) is 0 Å². The SMILES string of the molecule is Cc1cc(OCC(C)(C)COS(C)(=O)=O)cc(C)c1Br. The minimum Gasteiger partial charge on any atom is -0.493 e. The highest BCUT2D eigenvalue weighted by Crippen LogP contribution is 2.27. The summed E-state index contributed by atoms with van der Waals surface area (Å²) < 4.78 is 33.7. The van der Waals surface area contributed by atoms with Crippen LogP contribution in [-0.4, -0.2) is 27.9 Å². The van der Waals surface area contributed by atoms with Gasteiger partial charge in [0.2, 0.25) is 0 Å². The monoisotopic (exact) mass is 364 g/mol. The molecule has 4 nitrogen and oxygen atoms in total. The summed E-state index contributed by atoms with van der Waals surface area (Å²) in [4.78, 5) is 0. The number of hydrogen-bond acceptors (Lipinski definition) is 4. The van der Waals surface area contributed by atoms with Crippen LogP contribution in [0.1, 0.15) is 25.0 Å². The molecular formula is C14H21BrO4S. The lowest BCUT2D eigenvalue weighted by Crippen LogP contribution is -2.28. The lowest BCUT2D eigenvalue weighted by Gasteiger charge is -2.24. The summed E-state index contributed by atoms with van der Waals surface area (Å²) in [6.45, 7) is 8.28. The van der Waals surface area contributed by atoms with Crippen molar-refractivity contribution in [2.45, 2.75) is 27.7 Å². The van der Waals surface area contributed by atoms with Crippen LogP contribution in [0.4, 0.5) is 0 Å². The molecule has 0 heterocycles. The van der Waals surface area contributed by atoms with Crippen molar-refractivity contribution < 1.29 is 17.3 Å². The molecule has 0 amide bonds. The van der Waals surface area contributed by atoms with Gasteiger partial charge in [-0.25, -0.2) is 0 Å². The largest absolute Gasteiger partial charge is 0.493 e. The first-order valence-corrected chi connectivity index (χ1v) is 8.85. The van der Waals surface area contributed by atoms with Crippen molar-refractivity contribution >= 4 is 26.0 Å². The summed E-state index contributed by atoms with van der Waals surface area (Å²) in [6, 6.07) is 3.90. The third kappa shape index (κ3) is 5.81. The third-order valence-electron chi connectivity index (χ3n) is 2.70. The molecule has 0 fully saturated rings. The van der Waals surface area contributed by atoms with Crippen molar-refractivity contribution in [2.24, 2.45) is 5.41 Å². The fraction of sp³-hybridized carbons (Fsp3) is 0.571. The minimum atomic E-state index is -3.42. The van der Waals surface area contributed by atoms with Crippen LogP contribution in [0.2, 0.25) is 0 Å². The van der Waals surface area contributed by atoms with E-state index in [-0.39, 0.29) is 6.61 Å². The molecule has 1 rings (SSSR count). The van der Waals surface area contributed by atoms with Gasteiger partial charge in [-0.05, 0) is 37.1 Å². The van der Waals surface area contributed by atoms with Crippen molar-refractivity contribution in [3.8, 4) is 5.75 Å². The second-order valence-electron chi connectivity index (χ2n) is 5.79. The Morgan fingerprint density at radius 2 is 1.65 bits per heavy atom. The van der Waals surface area contributed by atoms with Crippen molar-refractivity contribution in [3.63, 3.8) is 0 Å². The normalized spacial score (nSPS) is 12.5. The van der Waals surface area contributed by atoms with E-state index in [9.17, 15) is 8.42 Å². The Kier molecular flexibility index (Phi) is 5.63. The van der Waals surface area contributed by atoms with Crippen molar-refractivity contribution in [3.05, 3.63) is 27.7 Å². The third-order valence-corrected chi connectivity index (χ3v) is 4.50. The molecule has 0 saturated heterocycles. The van der Waals surface area contributed by atoms with Crippen molar-refractivity contribution in [2.75, 3.05) is 19.5 Å². The minimum absolute atomic E-state index is 0.0975. The molecule has 0 aliphatic heterocycles. The predicted molar refractivity (Wildman–Crippen MR) is 83.7 cm³/mol. The second kappa shape index (κ2) is 6.45. The standard InChI is InChI=1S/C14H21BrO4S/c1-10-6-12(7-11(2)13(10)15)18-8-14(3,4)9-19-20(5,16)17/h6-7H,8-9H2,1-5H3. The molecule has 0 spiro atoms. The first-order valence-electron chi connectivity index (χ1n) is 6.24. The molecule has 20 heavy (non-hydrogen) atoms. The van der Waals surface area contributed by atoms with E-state index in [2.05, 4.69) is 15.9 Å². The van der Waals surface area contributed by atoms with Gasteiger partial charge in [-0.2, -0.15) is 8.42 Å². The Bertz CT molecular complexity index is 556. The van der Waals surface area contributed by atoms with E-state index in [1.54, 1.807) is 0 Å². The molecule has 0 saturated carbocycles. The smallest absolute Gasteiger partial charge is 0.264 e. The lowest BCUT2D eigenvalue weighted by atomic mass is 9.96. The van der Waals surface area contributed by atoms with E-state index in [4.69, 9.17) is 8.92 Å². The maximum absolute atomic E-state index is 11.0. The molecule has 6 heteroatoms. The maximum atomic E-state index is 11.0. The Morgan fingerprint density at radius 1 is 1.15 bits per heavy atom. The van der Waals surface area contributed by atoms with Crippen LogP contribution < -0.4 is 4.74 Å². The summed E-state index contributed by atoms with van der Waals surface area (Å²) in [6.07, 6.45) is 1.05. The van der Waals surface area contributed by atoms with Crippen LogP contribution in [0.15, 0.2) is 16.6 Å². The molecule has 0 N–H and O–H groups in total. The van der Waals surface area contributed by atoms with Gasteiger partial charge in [-0.3, -0.25) is 4.18 Å². The molecule has 0 atom stereocenters. The van der Waals surface area contributed by atoms with E-state index >= 15 is 0 Å². The van der Waals surface area contributed by atoms with Gasteiger partial charge < -0.3 is 4.74 Å². The summed E-state index contributed by atoms with van der Waals surface area (Å²) >= 11 is 3.51. The highest BCUT2D eigenvalue weighted by Gasteiger charge is 2.22. The molecule has 0 radical (unpaired) electrons. The van der Waals surface area contributed by atoms with E-state index in [0.29, 0.717) is 6.61 Å². The van der Waals surface area contributed by atoms with Gasteiger partial charge in [0, 0.05) is 9.89 Å². The van der Waals surface area contributed by atoms with Gasteiger partial charge in [-0.15, -0.1) is 0 Å².